The van der Waals surface area contributed by atoms with Crippen molar-refractivity contribution in [1.82, 2.24) is 9.44 Å². The third-order valence-electron chi connectivity index (χ3n) is 2.93. The van der Waals surface area contributed by atoms with Gasteiger partial charge in [-0.2, -0.15) is 13.1 Å². The van der Waals surface area contributed by atoms with Crippen LogP contribution in [0.1, 0.15) is 12.5 Å². The van der Waals surface area contributed by atoms with E-state index in [0.29, 0.717) is 6.54 Å². The molecule has 0 aliphatic heterocycles. The number of nitrogens with zero attached hydrogens (tertiary/aromatic N) is 1. The van der Waals surface area contributed by atoms with Gasteiger partial charge in [0.15, 0.2) is 0 Å². The van der Waals surface area contributed by atoms with Gasteiger partial charge >= 0.3 is 0 Å². The zero-order valence-corrected chi connectivity index (χ0v) is 14.8. The fourth-order valence-electron chi connectivity index (χ4n) is 1.71. The summed E-state index contributed by atoms with van der Waals surface area (Å²) in [7, 11) is -1.79. The third kappa shape index (κ3) is 8.25. The first-order chi connectivity index (χ1) is 11.9. The number of non-ortho nitro benzene ring substituents is 1. The predicted octanol–water partition coefficient (Wildman–Crippen LogP) is 2.23. The first-order valence-electron chi connectivity index (χ1n) is 7.44. The number of rotatable bonds is 7. The first kappa shape index (κ1) is 20.6. The molecule has 0 aliphatic carbocycles. The highest BCUT2D eigenvalue weighted by Crippen LogP contribution is 2.11. The third-order valence-corrected chi connectivity index (χ3v) is 4.12. The van der Waals surface area contributed by atoms with Crippen molar-refractivity contribution in [3.8, 4) is 5.75 Å². The van der Waals surface area contributed by atoms with Crippen LogP contribution < -0.4 is 14.2 Å². The Morgan fingerprint density at radius 3 is 2.08 bits per heavy atom. The minimum Gasteiger partial charge on any atom is -0.497 e. The van der Waals surface area contributed by atoms with E-state index in [4.69, 9.17) is 4.74 Å². The van der Waals surface area contributed by atoms with Crippen molar-refractivity contribution in [3.05, 3.63) is 70.3 Å². The summed E-state index contributed by atoms with van der Waals surface area (Å²) in [5.41, 5.74) is 1.01. The van der Waals surface area contributed by atoms with Gasteiger partial charge < -0.3 is 4.74 Å². The molecule has 0 radical (unpaired) electrons. The lowest BCUT2D eigenvalue weighted by Crippen LogP contribution is -2.35. The second kappa shape index (κ2) is 10.4. The monoisotopic (exact) mass is 367 g/mol. The molecule has 0 aliphatic rings. The summed E-state index contributed by atoms with van der Waals surface area (Å²) in [6.45, 7) is 2.36. The van der Waals surface area contributed by atoms with E-state index >= 15 is 0 Å². The summed E-state index contributed by atoms with van der Waals surface area (Å²) in [4.78, 5) is 9.59. The molecule has 25 heavy (non-hydrogen) atoms. The summed E-state index contributed by atoms with van der Waals surface area (Å²) < 4.78 is 32.3. The van der Waals surface area contributed by atoms with Crippen LogP contribution in [0.4, 0.5) is 5.69 Å². The first-order valence-corrected chi connectivity index (χ1v) is 8.93. The Labute approximate surface area is 147 Å². The largest absolute Gasteiger partial charge is 0.497 e. The molecule has 0 bridgehead atoms. The van der Waals surface area contributed by atoms with Gasteiger partial charge in [0, 0.05) is 25.2 Å². The van der Waals surface area contributed by atoms with E-state index in [1.54, 1.807) is 44.4 Å². The van der Waals surface area contributed by atoms with Crippen molar-refractivity contribution >= 4 is 15.9 Å². The van der Waals surface area contributed by atoms with E-state index in [9.17, 15) is 18.5 Å². The molecule has 0 fully saturated rings. The molecule has 9 heteroatoms. The molecule has 2 N–H and O–H groups in total. The number of hydrogen-bond acceptors (Lipinski definition) is 5. The van der Waals surface area contributed by atoms with Gasteiger partial charge in [-0.15, -0.1) is 0 Å². The van der Waals surface area contributed by atoms with Crippen LogP contribution in [0.25, 0.3) is 0 Å². The molecule has 8 nitrogen and oxygen atoms in total. The van der Waals surface area contributed by atoms with Gasteiger partial charge in [0.05, 0.1) is 12.0 Å². The van der Waals surface area contributed by atoms with Crippen LogP contribution in [0.2, 0.25) is 0 Å². The molecule has 0 saturated carbocycles. The number of benzene rings is 2. The molecule has 2 aromatic carbocycles. The van der Waals surface area contributed by atoms with Gasteiger partial charge in [-0.1, -0.05) is 37.3 Å². The van der Waals surface area contributed by atoms with Crippen LogP contribution in [0.5, 0.6) is 5.75 Å². The maximum absolute atomic E-state index is 11.3. The molecular formula is C16H21N3O5S. The van der Waals surface area contributed by atoms with Crippen LogP contribution in [-0.2, 0) is 16.8 Å². The predicted molar refractivity (Wildman–Crippen MR) is 95.5 cm³/mol. The van der Waals surface area contributed by atoms with Crippen molar-refractivity contribution in [2.24, 2.45) is 0 Å². The van der Waals surface area contributed by atoms with E-state index in [-0.39, 0.29) is 12.2 Å². The van der Waals surface area contributed by atoms with Gasteiger partial charge in [0.25, 0.3) is 15.9 Å². The Bertz CT molecular complexity index is 749. The summed E-state index contributed by atoms with van der Waals surface area (Å²) >= 11 is 0. The average Bonchev–Trinajstić information content (AvgIpc) is 2.62. The zero-order valence-electron chi connectivity index (χ0n) is 14.0. The molecule has 0 atom stereocenters. The van der Waals surface area contributed by atoms with Crippen molar-refractivity contribution in [2.45, 2.75) is 13.5 Å². The molecule has 2 aromatic rings. The van der Waals surface area contributed by atoms with Crippen molar-refractivity contribution in [1.29, 1.82) is 0 Å². The Hall–Kier alpha value is -2.49. The van der Waals surface area contributed by atoms with E-state index in [1.807, 2.05) is 12.1 Å². The molecule has 0 aromatic heterocycles. The molecule has 0 amide bonds. The lowest BCUT2D eigenvalue weighted by atomic mass is 10.2. The number of para-hydroxylation sites is 1. The van der Waals surface area contributed by atoms with Crippen LogP contribution in [0.3, 0.4) is 0 Å². The van der Waals surface area contributed by atoms with Crippen LogP contribution in [-0.4, -0.2) is 27.0 Å². The van der Waals surface area contributed by atoms with E-state index in [0.717, 1.165) is 11.3 Å². The summed E-state index contributed by atoms with van der Waals surface area (Å²) in [6.07, 6.45) is 0. The standard InChI is InChI=1S/C10H16N2O3S.C6H5NO2/c1-3-11-16(13,14)12-8-9-4-6-10(15-2)7-5-9;8-7(9)6-4-2-1-3-5-6/h4-7,11-12H,3,8H2,1-2H3;1-5H. The lowest BCUT2D eigenvalue weighted by Gasteiger charge is -2.07. The fourth-order valence-corrected chi connectivity index (χ4v) is 2.55. The maximum Gasteiger partial charge on any atom is 0.277 e. The Balaban J connectivity index is 0.000000293. The lowest BCUT2D eigenvalue weighted by molar-refractivity contribution is -0.384. The van der Waals surface area contributed by atoms with E-state index in [1.165, 1.54) is 12.1 Å². The quantitative estimate of drug-likeness (QED) is 0.576. The summed E-state index contributed by atoms with van der Waals surface area (Å²) in [5, 5.41) is 10.0. The molecular weight excluding hydrogens is 346 g/mol. The highest BCUT2D eigenvalue weighted by molar-refractivity contribution is 7.87. The molecule has 136 valence electrons. The fraction of sp³-hybridized carbons (Fsp3) is 0.250. The Morgan fingerprint density at radius 2 is 1.64 bits per heavy atom. The summed E-state index contributed by atoms with van der Waals surface area (Å²) in [5.74, 6) is 0.748. The molecule has 0 saturated heterocycles. The highest BCUT2D eigenvalue weighted by Gasteiger charge is 2.06. The average molecular weight is 367 g/mol. The smallest absolute Gasteiger partial charge is 0.277 e. The molecule has 0 spiro atoms. The van der Waals surface area contributed by atoms with Gasteiger partial charge in [0.1, 0.15) is 5.75 Å². The molecule has 0 unspecified atom stereocenters. The highest BCUT2D eigenvalue weighted by atomic mass is 32.2. The number of nitro groups is 1. The van der Waals surface area contributed by atoms with Gasteiger partial charge in [-0.25, -0.2) is 4.72 Å². The Kier molecular flexibility index (Phi) is 8.54. The second-order valence-electron chi connectivity index (χ2n) is 4.76. The normalized spacial score (nSPS) is 10.5. The van der Waals surface area contributed by atoms with E-state index in [2.05, 4.69) is 9.44 Å². The van der Waals surface area contributed by atoms with Crippen LogP contribution in [0, 0.1) is 10.1 Å². The zero-order chi connectivity index (χ0) is 18.7. The minimum atomic E-state index is -3.38. The van der Waals surface area contributed by atoms with Gasteiger partial charge in [0.2, 0.25) is 0 Å². The number of ether oxygens (including phenoxy) is 1. The maximum atomic E-state index is 11.3. The number of hydrogen-bond donors (Lipinski definition) is 2. The van der Waals surface area contributed by atoms with Crippen LogP contribution >= 0.6 is 0 Å². The van der Waals surface area contributed by atoms with Crippen molar-refractivity contribution in [2.75, 3.05) is 13.7 Å². The van der Waals surface area contributed by atoms with Gasteiger partial charge in [-0.3, -0.25) is 10.1 Å². The number of nitrogens with one attached hydrogen (secondary N) is 2. The van der Waals surface area contributed by atoms with Crippen molar-refractivity contribution < 1.29 is 18.1 Å². The Morgan fingerprint density at radius 1 is 1.04 bits per heavy atom. The van der Waals surface area contributed by atoms with Gasteiger partial charge in [-0.05, 0) is 17.7 Å². The second-order valence-corrected chi connectivity index (χ2v) is 6.35. The van der Waals surface area contributed by atoms with Crippen LogP contribution in [0.15, 0.2) is 54.6 Å². The summed E-state index contributed by atoms with van der Waals surface area (Å²) in [6, 6.07) is 15.1. The minimum absolute atomic E-state index is 0.137. The number of methoxy groups -OCH3 is 1. The molecule has 0 heterocycles. The molecule has 2 rings (SSSR count). The van der Waals surface area contributed by atoms with E-state index < -0.39 is 15.1 Å². The topological polar surface area (TPSA) is 111 Å². The number of nitro benzene ring substituents is 1. The van der Waals surface area contributed by atoms with Crippen molar-refractivity contribution in [3.63, 3.8) is 0 Å². The SMILES string of the molecule is CCNS(=O)(=O)NCc1ccc(OC)cc1.O=[N+]([O-])c1ccccc1.